The number of amides is 1. The Hall–Kier alpha value is -2.97. The second-order valence-corrected chi connectivity index (χ2v) is 9.55. The Morgan fingerprint density at radius 2 is 1.77 bits per heavy atom. The van der Waals surface area contributed by atoms with E-state index in [0.717, 1.165) is 34.6 Å². The Morgan fingerprint density at radius 3 is 2.48 bits per heavy atom. The van der Waals surface area contributed by atoms with Gasteiger partial charge in [0, 0.05) is 11.9 Å². The molecule has 0 bridgehead atoms. The van der Waals surface area contributed by atoms with Crippen molar-refractivity contribution < 1.29 is 13.2 Å². The summed E-state index contributed by atoms with van der Waals surface area (Å²) in [5.74, 6) is -0.280. The van der Waals surface area contributed by atoms with E-state index in [-0.39, 0.29) is 16.0 Å². The first-order chi connectivity index (χ1) is 14.9. The van der Waals surface area contributed by atoms with E-state index in [1.54, 1.807) is 37.3 Å². The zero-order valence-electron chi connectivity index (χ0n) is 17.1. The number of aromatic nitrogens is 1. The zero-order valence-corrected chi connectivity index (χ0v) is 18.8. The highest BCUT2D eigenvalue weighted by atomic mass is 32.2. The fraction of sp³-hybridized carbons (Fsp3) is 0.174. The van der Waals surface area contributed by atoms with Gasteiger partial charge in [0.2, 0.25) is 0 Å². The van der Waals surface area contributed by atoms with Gasteiger partial charge in [-0.25, -0.2) is 4.98 Å². The van der Waals surface area contributed by atoms with Crippen molar-refractivity contribution in [2.24, 2.45) is 4.40 Å². The van der Waals surface area contributed by atoms with Crippen molar-refractivity contribution in [1.82, 2.24) is 9.88 Å². The summed E-state index contributed by atoms with van der Waals surface area (Å²) in [5.41, 5.74) is 2.50. The maximum Gasteiger partial charge on any atom is 0.284 e. The Bertz CT molecular complexity index is 1310. The third kappa shape index (κ3) is 4.40. The third-order valence-corrected chi connectivity index (χ3v) is 7.33. The van der Waals surface area contributed by atoms with Crippen LogP contribution >= 0.6 is 11.8 Å². The molecule has 2 aromatic carbocycles. The number of para-hydroxylation sites is 1. The fourth-order valence-electron chi connectivity index (χ4n) is 3.20. The largest absolute Gasteiger partial charge is 0.286 e. The van der Waals surface area contributed by atoms with Crippen molar-refractivity contribution in [2.75, 3.05) is 6.54 Å². The van der Waals surface area contributed by atoms with Gasteiger partial charge in [-0.3, -0.25) is 9.69 Å². The molecule has 158 valence electrons. The number of carbonyl (C=O) groups is 1. The van der Waals surface area contributed by atoms with E-state index in [2.05, 4.69) is 9.38 Å². The topological polar surface area (TPSA) is 79.7 Å². The first-order valence-corrected chi connectivity index (χ1v) is 12.2. The summed E-state index contributed by atoms with van der Waals surface area (Å²) in [5, 5.41) is 1.16. The zero-order chi connectivity index (χ0) is 22.0. The molecule has 1 saturated heterocycles. The Morgan fingerprint density at radius 1 is 1.03 bits per heavy atom. The predicted octanol–water partition coefficient (Wildman–Crippen LogP) is 4.48. The third-order valence-electron chi connectivity index (χ3n) is 4.93. The quantitative estimate of drug-likeness (QED) is 0.535. The van der Waals surface area contributed by atoms with Crippen LogP contribution in [0.1, 0.15) is 25.1 Å². The normalized spacial score (nSPS) is 17.2. The van der Waals surface area contributed by atoms with Crippen LogP contribution in [0, 0.1) is 0 Å². The van der Waals surface area contributed by atoms with Gasteiger partial charge >= 0.3 is 0 Å². The molecule has 1 amide bonds. The van der Waals surface area contributed by atoms with E-state index in [1.165, 1.54) is 4.90 Å². The van der Waals surface area contributed by atoms with Crippen molar-refractivity contribution in [2.45, 2.75) is 25.2 Å². The highest BCUT2D eigenvalue weighted by Gasteiger charge is 2.34. The molecular weight excluding hydrogens is 430 g/mol. The highest BCUT2D eigenvalue weighted by molar-refractivity contribution is 8.19. The van der Waals surface area contributed by atoms with Crippen molar-refractivity contribution in [3.63, 3.8) is 0 Å². The lowest BCUT2D eigenvalue weighted by Gasteiger charge is -2.12. The van der Waals surface area contributed by atoms with Crippen molar-refractivity contribution in [3.05, 3.63) is 76.8 Å². The van der Waals surface area contributed by atoms with Gasteiger partial charge in [0.15, 0.2) is 5.17 Å². The lowest BCUT2D eigenvalue weighted by Crippen LogP contribution is -2.29. The molecular formula is C23H21N3O3S2. The molecule has 1 aliphatic heterocycles. The SMILES string of the molecule is CCc1ccc(S(=O)(=O)N=C2S/C(=C\c3ccc4ccccc4n3)C(=O)N2CC)cc1. The summed E-state index contributed by atoms with van der Waals surface area (Å²) in [6.07, 6.45) is 2.49. The van der Waals surface area contributed by atoms with Crippen LogP contribution in [0.5, 0.6) is 0 Å². The lowest BCUT2D eigenvalue weighted by molar-refractivity contribution is -0.122. The van der Waals surface area contributed by atoms with Gasteiger partial charge in [0.05, 0.1) is 21.0 Å². The smallest absolute Gasteiger partial charge is 0.284 e. The maximum absolute atomic E-state index is 12.9. The molecule has 0 radical (unpaired) electrons. The van der Waals surface area contributed by atoms with Crippen LogP contribution in [0.4, 0.5) is 0 Å². The molecule has 0 atom stereocenters. The summed E-state index contributed by atoms with van der Waals surface area (Å²) in [7, 11) is -3.93. The highest BCUT2D eigenvalue weighted by Crippen LogP contribution is 2.33. The molecule has 1 aliphatic rings. The summed E-state index contributed by atoms with van der Waals surface area (Å²) in [6.45, 7) is 4.10. The molecule has 3 aromatic rings. The molecule has 0 unspecified atom stereocenters. The van der Waals surface area contributed by atoms with Crippen molar-refractivity contribution in [3.8, 4) is 0 Å². The number of carbonyl (C=O) groups excluding carboxylic acids is 1. The molecule has 1 aromatic heterocycles. The number of sulfonamides is 1. The van der Waals surface area contributed by atoms with Crippen LogP contribution in [-0.2, 0) is 21.2 Å². The minimum absolute atomic E-state index is 0.106. The van der Waals surface area contributed by atoms with Gasteiger partial charge in [-0.15, -0.1) is 4.40 Å². The summed E-state index contributed by atoms with van der Waals surface area (Å²) < 4.78 is 29.6. The van der Waals surface area contributed by atoms with Gasteiger partial charge in [-0.1, -0.05) is 43.3 Å². The minimum atomic E-state index is -3.93. The second kappa shape index (κ2) is 8.64. The van der Waals surface area contributed by atoms with Crippen molar-refractivity contribution >= 4 is 49.8 Å². The number of thioether (sulfide) groups is 1. The van der Waals surface area contributed by atoms with Gasteiger partial charge in [0.1, 0.15) is 0 Å². The standard InChI is InChI=1S/C23H21N3O3S2/c1-3-16-9-13-19(14-10-16)31(28,29)25-23-26(4-2)22(27)21(30-23)15-18-12-11-17-7-5-6-8-20(17)24-18/h5-15H,3-4H2,1-2H3/b21-15-,25-23?. The molecule has 2 heterocycles. The average molecular weight is 452 g/mol. The first kappa shape index (κ1) is 21.3. The molecule has 8 heteroatoms. The monoisotopic (exact) mass is 451 g/mol. The summed E-state index contributed by atoms with van der Waals surface area (Å²) >= 11 is 1.05. The van der Waals surface area contributed by atoms with E-state index >= 15 is 0 Å². The van der Waals surface area contributed by atoms with Gasteiger partial charge in [-0.2, -0.15) is 8.42 Å². The van der Waals surface area contributed by atoms with Crippen LogP contribution in [0.15, 0.2) is 74.9 Å². The van der Waals surface area contributed by atoms with E-state index in [0.29, 0.717) is 17.1 Å². The maximum atomic E-state index is 12.9. The molecule has 31 heavy (non-hydrogen) atoms. The minimum Gasteiger partial charge on any atom is -0.286 e. The molecule has 0 aliphatic carbocycles. The first-order valence-electron chi connectivity index (χ1n) is 9.92. The fourth-order valence-corrected chi connectivity index (χ4v) is 5.43. The van der Waals surface area contributed by atoms with E-state index in [9.17, 15) is 13.2 Å². The molecule has 1 fully saturated rings. The van der Waals surface area contributed by atoms with Crippen LogP contribution in [0.2, 0.25) is 0 Å². The lowest BCUT2D eigenvalue weighted by atomic mass is 10.2. The van der Waals surface area contributed by atoms with Gasteiger partial charge in [0.25, 0.3) is 15.9 Å². The van der Waals surface area contributed by atoms with Crippen LogP contribution in [0.25, 0.3) is 17.0 Å². The van der Waals surface area contributed by atoms with Gasteiger partial charge in [-0.05, 0) is 61.0 Å². The Kier molecular flexibility index (Phi) is 5.93. The number of hydrogen-bond acceptors (Lipinski definition) is 5. The molecule has 6 nitrogen and oxygen atoms in total. The van der Waals surface area contributed by atoms with E-state index in [4.69, 9.17) is 0 Å². The summed E-state index contributed by atoms with van der Waals surface area (Å²) in [4.78, 5) is 19.3. The van der Waals surface area contributed by atoms with Crippen molar-refractivity contribution in [1.29, 1.82) is 0 Å². The molecule has 0 saturated carbocycles. The number of nitrogens with zero attached hydrogens (tertiary/aromatic N) is 3. The number of rotatable bonds is 5. The number of pyridine rings is 1. The number of fused-ring (bicyclic) bond motifs is 1. The van der Waals surface area contributed by atoms with Crippen LogP contribution in [0.3, 0.4) is 0 Å². The average Bonchev–Trinajstić information content (AvgIpc) is 3.06. The van der Waals surface area contributed by atoms with Crippen LogP contribution in [-0.4, -0.2) is 35.9 Å². The van der Waals surface area contributed by atoms with Gasteiger partial charge < -0.3 is 0 Å². The number of aryl methyl sites for hydroxylation is 1. The van der Waals surface area contributed by atoms with Crippen LogP contribution < -0.4 is 0 Å². The second-order valence-electron chi connectivity index (χ2n) is 6.94. The molecule has 0 N–H and O–H groups in total. The number of hydrogen-bond donors (Lipinski definition) is 0. The Balaban J connectivity index is 1.67. The number of benzene rings is 2. The molecule has 4 rings (SSSR count). The number of likely N-dealkylation sites (N-methyl/N-ethyl adjacent to an activating group) is 1. The summed E-state index contributed by atoms with van der Waals surface area (Å²) in [6, 6.07) is 18.1. The predicted molar refractivity (Wildman–Crippen MR) is 125 cm³/mol. The Labute approximate surface area is 185 Å². The van der Waals surface area contributed by atoms with E-state index < -0.39 is 10.0 Å². The molecule has 0 spiro atoms. The number of amidine groups is 1. The van der Waals surface area contributed by atoms with E-state index in [1.807, 2.05) is 43.3 Å².